The van der Waals surface area contributed by atoms with Crippen molar-refractivity contribution in [3.8, 4) is 12.1 Å². The van der Waals surface area contributed by atoms with E-state index in [1.165, 1.54) is 28.1 Å². The van der Waals surface area contributed by atoms with Crippen LogP contribution >= 0.6 is 0 Å². The summed E-state index contributed by atoms with van der Waals surface area (Å²) in [4.78, 5) is 31.2. The number of nitriles is 1. The summed E-state index contributed by atoms with van der Waals surface area (Å²) in [5, 5.41) is 12.0. The van der Waals surface area contributed by atoms with Gasteiger partial charge in [-0.3, -0.25) is 9.69 Å². The number of rotatable bonds is 9. The van der Waals surface area contributed by atoms with Gasteiger partial charge in [0.05, 0.1) is 37.4 Å². The zero-order valence-corrected chi connectivity index (χ0v) is 25.7. The molecule has 1 aromatic heterocycles. The molecular weight excluding hydrogens is 554 g/mol. The average Bonchev–Trinajstić information content (AvgIpc) is 3.59. The minimum absolute atomic E-state index is 0.142. The standard InChI is InChI=1S/C34H41N7O3/c1-4-31(42)41-17-16-40(21-26(41)11-14-35)33-28-12-15-39(30-10-6-9-25-8-5-7-24(2)32(25)30)22-29(28)36-34(37-33)44-20-18-38(3)27-13-19-43-23-27/h4-10,26-27H,1,11-13,15-23H2,2-3H3/t26-,27?/m0/s1. The van der Waals surface area contributed by atoms with E-state index < -0.39 is 0 Å². The number of amides is 1. The summed E-state index contributed by atoms with van der Waals surface area (Å²) in [6, 6.07) is 15.7. The number of fused-ring (bicyclic) bond motifs is 2. The molecule has 2 saturated heterocycles. The Bertz CT molecular complexity index is 1560. The summed E-state index contributed by atoms with van der Waals surface area (Å²) in [7, 11) is 2.10. The van der Waals surface area contributed by atoms with Crippen molar-refractivity contribution in [3.63, 3.8) is 0 Å². The van der Waals surface area contributed by atoms with E-state index in [1.54, 1.807) is 4.90 Å². The van der Waals surface area contributed by atoms with Crippen molar-refractivity contribution >= 4 is 28.2 Å². The molecule has 1 amide bonds. The van der Waals surface area contributed by atoms with Crippen molar-refractivity contribution < 1.29 is 14.3 Å². The Balaban J connectivity index is 1.30. The number of ether oxygens (including phenoxy) is 2. The van der Waals surface area contributed by atoms with Crippen LogP contribution in [0.3, 0.4) is 0 Å². The third-order valence-electron chi connectivity index (χ3n) is 9.23. The first-order valence-electron chi connectivity index (χ1n) is 15.6. The highest BCUT2D eigenvalue weighted by molar-refractivity contribution is 5.97. The van der Waals surface area contributed by atoms with Gasteiger partial charge in [0, 0.05) is 62.0 Å². The van der Waals surface area contributed by atoms with Crippen LogP contribution in [-0.4, -0.2) is 97.4 Å². The Morgan fingerprint density at radius 3 is 2.82 bits per heavy atom. The molecule has 2 aromatic carbocycles. The summed E-state index contributed by atoms with van der Waals surface area (Å²) in [5.74, 6) is 0.710. The molecule has 10 heteroatoms. The highest BCUT2D eigenvalue weighted by Gasteiger charge is 2.33. The molecule has 230 valence electrons. The Morgan fingerprint density at radius 1 is 1.20 bits per heavy atom. The first-order chi connectivity index (χ1) is 21.5. The number of benzene rings is 2. The lowest BCUT2D eigenvalue weighted by atomic mass is 9.99. The molecule has 3 aliphatic heterocycles. The van der Waals surface area contributed by atoms with Gasteiger partial charge in [-0.15, -0.1) is 0 Å². The first-order valence-corrected chi connectivity index (χ1v) is 15.6. The second kappa shape index (κ2) is 13.2. The number of hydrogen-bond donors (Lipinski definition) is 0. The minimum Gasteiger partial charge on any atom is -0.462 e. The Hall–Kier alpha value is -4.20. The molecular formula is C34H41N7O3. The molecule has 0 saturated carbocycles. The SMILES string of the molecule is C=CC(=O)N1CCN(c2nc(OCCN(C)C3CCOC3)nc3c2CCN(c2cccc4cccc(C)c24)C3)C[C@@H]1CC#N. The largest absolute Gasteiger partial charge is 0.462 e. The van der Waals surface area contributed by atoms with E-state index in [-0.39, 0.29) is 18.4 Å². The van der Waals surface area contributed by atoms with Crippen LogP contribution in [0.15, 0.2) is 49.1 Å². The zero-order valence-electron chi connectivity index (χ0n) is 25.7. The third-order valence-corrected chi connectivity index (χ3v) is 9.23. The van der Waals surface area contributed by atoms with Gasteiger partial charge in [0.1, 0.15) is 12.4 Å². The normalized spacial score (nSPS) is 20.1. The molecule has 10 nitrogen and oxygen atoms in total. The molecule has 3 aliphatic rings. The van der Waals surface area contributed by atoms with Crippen LogP contribution in [0.5, 0.6) is 6.01 Å². The van der Waals surface area contributed by atoms with Crippen molar-refractivity contribution in [1.29, 1.82) is 5.26 Å². The maximum atomic E-state index is 12.6. The van der Waals surface area contributed by atoms with Gasteiger partial charge in [-0.05, 0) is 49.9 Å². The van der Waals surface area contributed by atoms with E-state index in [9.17, 15) is 10.1 Å². The number of hydrogen-bond acceptors (Lipinski definition) is 9. The van der Waals surface area contributed by atoms with Gasteiger partial charge in [-0.2, -0.15) is 15.2 Å². The number of nitrogens with zero attached hydrogens (tertiary/aromatic N) is 7. The molecule has 44 heavy (non-hydrogen) atoms. The summed E-state index contributed by atoms with van der Waals surface area (Å²) in [5.41, 5.74) is 4.54. The van der Waals surface area contributed by atoms with Gasteiger partial charge < -0.3 is 24.2 Å². The Morgan fingerprint density at radius 2 is 2.05 bits per heavy atom. The molecule has 6 rings (SSSR count). The number of carbonyl (C=O) groups is 1. The summed E-state index contributed by atoms with van der Waals surface area (Å²) >= 11 is 0. The van der Waals surface area contributed by atoms with E-state index in [0.29, 0.717) is 44.8 Å². The summed E-state index contributed by atoms with van der Waals surface area (Å²) in [6.45, 7) is 11.7. The van der Waals surface area contributed by atoms with Gasteiger partial charge in [-0.25, -0.2) is 0 Å². The van der Waals surface area contributed by atoms with Gasteiger partial charge in [-0.1, -0.05) is 36.9 Å². The fourth-order valence-electron chi connectivity index (χ4n) is 6.76. The highest BCUT2D eigenvalue weighted by atomic mass is 16.5. The maximum absolute atomic E-state index is 12.6. The quantitative estimate of drug-likeness (QED) is 0.343. The molecule has 0 spiro atoms. The van der Waals surface area contributed by atoms with Crippen molar-refractivity contribution in [2.45, 2.75) is 44.8 Å². The third kappa shape index (κ3) is 6.07. The predicted molar refractivity (Wildman–Crippen MR) is 171 cm³/mol. The molecule has 0 radical (unpaired) electrons. The number of aromatic nitrogens is 2. The van der Waals surface area contributed by atoms with Crippen LogP contribution in [-0.2, 0) is 22.5 Å². The van der Waals surface area contributed by atoms with Gasteiger partial charge in [0.15, 0.2) is 0 Å². The van der Waals surface area contributed by atoms with Crippen LogP contribution in [0.25, 0.3) is 10.8 Å². The van der Waals surface area contributed by atoms with Crippen LogP contribution < -0.4 is 14.5 Å². The second-order valence-corrected chi connectivity index (χ2v) is 11.9. The van der Waals surface area contributed by atoms with Crippen molar-refractivity contribution in [2.75, 3.05) is 69.4 Å². The van der Waals surface area contributed by atoms with Crippen LogP contribution in [0.2, 0.25) is 0 Å². The second-order valence-electron chi connectivity index (χ2n) is 11.9. The number of carbonyl (C=O) groups excluding carboxylic acids is 1. The van der Waals surface area contributed by atoms with Gasteiger partial charge in [0.2, 0.25) is 5.91 Å². The fourth-order valence-corrected chi connectivity index (χ4v) is 6.76. The molecule has 0 aliphatic carbocycles. The average molecular weight is 596 g/mol. The fraction of sp³-hybridized carbons (Fsp3) is 0.471. The highest BCUT2D eigenvalue weighted by Crippen LogP contribution is 2.36. The van der Waals surface area contributed by atoms with Crippen LogP contribution in [0.4, 0.5) is 11.5 Å². The first kappa shape index (κ1) is 29.9. The number of likely N-dealkylation sites (N-methyl/N-ethyl adjacent to an activating group) is 1. The van der Waals surface area contributed by atoms with Crippen LogP contribution in [0, 0.1) is 18.3 Å². The van der Waals surface area contributed by atoms with Crippen molar-refractivity contribution in [2.24, 2.45) is 0 Å². The molecule has 4 heterocycles. The predicted octanol–water partition coefficient (Wildman–Crippen LogP) is 3.72. The number of aryl methyl sites for hydroxylation is 1. The summed E-state index contributed by atoms with van der Waals surface area (Å²) in [6.07, 6.45) is 3.39. The van der Waals surface area contributed by atoms with E-state index in [4.69, 9.17) is 19.4 Å². The molecule has 1 unspecified atom stereocenters. The molecule has 0 N–H and O–H groups in total. The van der Waals surface area contributed by atoms with E-state index in [1.807, 2.05) is 0 Å². The molecule has 2 fully saturated rings. The van der Waals surface area contributed by atoms with Gasteiger partial charge in [0.25, 0.3) is 0 Å². The Kier molecular flexibility index (Phi) is 8.96. The molecule has 0 bridgehead atoms. The Labute approximate surface area is 259 Å². The zero-order chi connectivity index (χ0) is 30.6. The lowest BCUT2D eigenvalue weighted by Gasteiger charge is -2.42. The molecule has 2 atom stereocenters. The van der Waals surface area contributed by atoms with Crippen molar-refractivity contribution in [3.05, 3.63) is 65.9 Å². The summed E-state index contributed by atoms with van der Waals surface area (Å²) < 4.78 is 11.8. The molecule has 3 aromatic rings. The van der Waals surface area contributed by atoms with Gasteiger partial charge >= 0.3 is 6.01 Å². The minimum atomic E-state index is -0.240. The lowest BCUT2D eigenvalue weighted by Crippen LogP contribution is -2.55. The monoisotopic (exact) mass is 595 g/mol. The van der Waals surface area contributed by atoms with E-state index in [0.717, 1.165) is 56.2 Å². The smallest absolute Gasteiger partial charge is 0.318 e. The number of piperazine rings is 1. The maximum Gasteiger partial charge on any atom is 0.318 e. The van der Waals surface area contributed by atoms with E-state index >= 15 is 0 Å². The van der Waals surface area contributed by atoms with E-state index in [2.05, 4.69) is 77.7 Å². The van der Waals surface area contributed by atoms with Crippen molar-refractivity contribution in [1.82, 2.24) is 19.8 Å². The number of anilines is 2. The topological polar surface area (TPSA) is 98.1 Å². The lowest BCUT2D eigenvalue weighted by molar-refractivity contribution is -0.128. The van der Waals surface area contributed by atoms with Crippen LogP contribution in [0.1, 0.15) is 29.7 Å².